The van der Waals surface area contributed by atoms with Crippen LogP contribution in [0.3, 0.4) is 0 Å². The number of aromatic amines is 1. The Morgan fingerprint density at radius 1 is 1.25 bits per heavy atom. The van der Waals surface area contributed by atoms with Gasteiger partial charge in [0.25, 0.3) is 5.91 Å². The minimum Gasteiger partial charge on any atom is -0.352 e. The number of carbonyl (C=O) groups excluding carboxylic acids is 1. The van der Waals surface area contributed by atoms with E-state index >= 15 is 0 Å². The molecule has 0 spiro atoms. The molecule has 1 fully saturated rings. The van der Waals surface area contributed by atoms with Crippen LogP contribution in [0.5, 0.6) is 0 Å². The number of likely N-dealkylation sites (N-methyl/N-ethyl adjacent to an activating group) is 1. The Hall–Kier alpha value is -2.18. The van der Waals surface area contributed by atoms with Gasteiger partial charge in [0, 0.05) is 50.7 Å². The lowest BCUT2D eigenvalue weighted by molar-refractivity contribution is 0.0950. The van der Waals surface area contributed by atoms with Gasteiger partial charge in [-0.2, -0.15) is 0 Å². The van der Waals surface area contributed by atoms with Crippen LogP contribution in [0, 0.1) is 0 Å². The zero-order valence-electron chi connectivity index (χ0n) is 14.2. The van der Waals surface area contributed by atoms with Crippen LogP contribution in [0.15, 0.2) is 36.7 Å². The monoisotopic (exact) mass is 327 g/mol. The number of nitrogens with zero attached hydrogens (tertiary/aromatic N) is 3. The maximum atomic E-state index is 12.5. The summed E-state index contributed by atoms with van der Waals surface area (Å²) in [5.41, 5.74) is 1.49. The molecule has 0 atom stereocenters. The molecular weight excluding hydrogens is 302 g/mol. The number of rotatable bonds is 6. The summed E-state index contributed by atoms with van der Waals surface area (Å²) in [4.78, 5) is 24.6. The fourth-order valence-corrected chi connectivity index (χ4v) is 2.97. The summed E-state index contributed by atoms with van der Waals surface area (Å²) in [7, 11) is 2.16. The molecule has 0 bridgehead atoms. The third kappa shape index (κ3) is 4.21. The summed E-state index contributed by atoms with van der Waals surface area (Å²) in [6.45, 7) is 6.22. The van der Waals surface area contributed by atoms with Crippen LogP contribution in [-0.2, 0) is 0 Å². The molecule has 1 amide bonds. The maximum absolute atomic E-state index is 12.5. The third-order valence-electron chi connectivity index (χ3n) is 4.46. The van der Waals surface area contributed by atoms with Crippen molar-refractivity contribution < 1.29 is 4.79 Å². The van der Waals surface area contributed by atoms with E-state index in [0.29, 0.717) is 12.1 Å². The molecule has 0 unspecified atom stereocenters. The average molecular weight is 327 g/mol. The van der Waals surface area contributed by atoms with Gasteiger partial charge in [0.1, 0.15) is 5.82 Å². The number of piperazine rings is 1. The Balaban J connectivity index is 1.49. The highest BCUT2D eigenvalue weighted by Gasteiger charge is 2.15. The Bertz CT molecular complexity index is 647. The molecule has 2 aromatic rings. The quantitative estimate of drug-likeness (QED) is 0.788. The van der Waals surface area contributed by atoms with Crippen LogP contribution < -0.4 is 5.32 Å². The standard InChI is InChI=1S/C18H25N5O/c1-22-11-13-23(14-12-22)10-4-7-21-18(24)16-6-3-2-5-15(16)17-19-8-9-20-17/h2-3,5-6,8-9H,4,7,10-14H2,1H3,(H,19,20)(H,21,24). The lowest BCUT2D eigenvalue weighted by Gasteiger charge is -2.32. The van der Waals surface area contributed by atoms with Crippen molar-refractivity contribution in [2.75, 3.05) is 46.3 Å². The molecule has 1 aliphatic heterocycles. The van der Waals surface area contributed by atoms with E-state index in [1.54, 1.807) is 12.4 Å². The van der Waals surface area contributed by atoms with Gasteiger partial charge in [-0.1, -0.05) is 18.2 Å². The second-order valence-corrected chi connectivity index (χ2v) is 6.24. The van der Waals surface area contributed by atoms with E-state index in [9.17, 15) is 4.79 Å². The van der Waals surface area contributed by atoms with E-state index in [1.807, 2.05) is 24.3 Å². The molecule has 6 nitrogen and oxygen atoms in total. The van der Waals surface area contributed by atoms with E-state index < -0.39 is 0 Å². The van der Waals surface area contributed by atoms with Crippen LogP contribution >= 0.6 is 0 Å². The normalized spacial score (nSPS) is 16.2. The van der Waals surface area contributed by atoms with Crippen molar-refractivity contribution in [3.8, 4) is 11.4 Å². The number of benzene rings is 1. The zero-order chi connectivity index (χ0) is 16.8. The summed E-state index contributed by atoms with van der Waals surface area (Å²) in [6, 6.07) is 7.55. The molecule has 1 saturated heterocycles. The van der Waals surface area contributed by atoms with Crippen molar-refractivity contribution in [2.24, 2.45) is 0 Å². The zero-order valence-corrected chi connectivity index (χ0v) is 14.2. The highest BCUT2D eigenvalue weighted by Crippen LogP contribution is 2.19. The molecular formula is C18H25N5O. The third-order valence-corrected chi connectivity index (χ3v) is 4.46. The summed E-state index contributed by atoms with van der Waals surface area (Å²) in [6.07, 6.45) is 4.43. The van der Waals surface area contributed by atoms with E-state index in [1.165, 1.54) is 0 Å². The molecule has 24 heavy (non-hydrogen) atoms. The fraction of sp³-hybridized carbons (Fsp3) is 0.444. The van der Waals surface area contributed by atoms with Gasteiger partial charge < -0.3 is 20.1 Å². The van der Waals surface area contributed by atoms with Crippen molar-refractivity contribution >= 4 is 5.91 Å². The van der Waals surface area contributed by atoms with Crippen LogP contribution in [0.25, 0.3) is 11.4 Å². The number of hydrogen-bond acceptors (Lipinski definition) is 4. The maximum Gasteiger partial charge on any atom is 0.252 e. The predicted octanol–water partition coefficient (Wildman–Crippen LogP) is 1.44. The average Bonchev–Trinajstić information content (AvgIpc) is 3.14. The molecule has 1 aromatic heterocycles. The number of nitrogens with one attached hydrogen (secondary N) is 2. The van der Waals surface area contributed by atoms with Crippen LogP contribution in [0.4, 0.5) is 0 Å². The van der Waals surface area contributed by atoms with Gasteiger partial charge in [-0.15, -0.1) is 0 Å². The van der Waals surface area contributed by atoms with Gasteiger partial charge in [0.2, 0.25) is 0 Å². The fourth-order valence-electron chi connectivity index (χ4n) is 2.97. The second-order valence-electron chi connectivity index (χ2n) is 6.24. The number of aromatic nitrogens is 2. The van der Waals surface area contributed by atoms with Crippen molar-refractivity contribution in [3.63, 3.8) is 0 Å². The molecule has 3 rings (SSSR count). The predicted molar refractivity (Wildman–Crippen MR) is 94.9 cm³/mol. The van der Waals surface area contributed by atoms with Gasteiger partial charge in [-0.25, -0.2) is 4.98 Å². The van der Waals surface area contributed by atoms with Gasteiger partial charge in [-0.05, 0) is 26.1 Å². The molecule has 2 N–H and O–H groups in total. The first-order valence-electron chi connectivity index (χ1n) is 8.52. The second kappa shape index (κ2) is 8.08. The highest BCUT2D eigenvalue weighted by atomic mass is 16.1. The van der Waals surface area contributed by atoms with E-state index in [-0.39, 0.29) is 5.91 Å². The Kier molecular flexibility index (Phi) is 5.61. The van der Waals surface area contributed by atoms with Gasteiger partial charge in [0.15, 0.2) is 0 Å². The number of amides is 1. The van der Waals surface area contributed by atoms with E-state index in [0.717, 1.165) is 50.5 Å². The summed E-state index contributed by atoms with van der Waals surface area (Å²) in [5, 5.41) is 3.03. The highest BCUT2D eigenvalue weighted by molar-refractivity contribution is 6.00. The number of carbonyl (C=O) groups is 1. The Morgan fingerprint density at radius 3 is 2.79 bits per heavy atom. The number of H-pyrrole nitrogens is 1. The summed E-state index contributed by atoms with van der Waals surface area (Å²) < 4.78 is 0. The largest absolute Gasteiger partial charge is 0.352 e. The molecule has 0 saturated carbocycles. The molecule has 0 aliphatic carbocycles. The lowest BCUT2D eigenvalue weighted by atomic mass is 10.1. The first-order chi connectivity index (χ1) is 11.7. The van der Waals surface area contributed by atoms with Crippen molar-refractivity contribution in [1.29, 1.82) is 0 Å². The van der Waals surface area contributed by atoms with Crippen molar-refractivity contribution in [3.05, 3.63) is 42.2 Å². The number of imidazole rings is 1. The molecule has 1 aromatic carbocycles. The van der Waals surface area contributed by atoms with Crippen LogP contribution in [0.2, 0.25) is 0 Å². The van der Waals surface area contributed by atoms with Crippen LogP contribution in [0.1, 0.15) is 16.8 Å². The van der Waals surface area contributed by atoms with E-state index in [2.05, 4.69) is 32.1 Å². The minimum absolute atomic E-state index is 0.0413. The Labute approximate surface area is 142 Å². The van der Waals surface area contributed by atoms with Gasteiger partial charge in [-0.3, -0.25) is 4.79 Å². The molecule has 128 valence electrons. The molecule has 2 heterocycles. The number of hydrogen-bond donors (Lipinski definition) is 2. The van der Waals surface area contributed by atoms with Crippen molar-refractivity contribution in [1.82, 2.24) is 25.1 Å². The topological polar surface area (TPSA) is 64.3 Å². The summed E-state index contributed by atoms with van der Waals surface area (Å²) in [5.74, 6) is 0.679. The van der Waals surface area contributed by atoms with Crippen LogP contribution in [-0.4, -0.2) is 72.0 Å². The molecule has 6 heteroatoms. The van der Waals surface area contributed by atoms with E-state index in [4.69, 9.17) is 0 Å². The molecule has 1 aliphatic rings. The van der Waals surface area contributed by atoms with Gasteiger partial charge >= 0.3 is 0 Å². The lowest BCUT2D eigenvalue weighted by Crippen LogP contribution is -2.45. The molecule has 0 radical (unpaired) electrons. The summed E-state index contributed by atoms with van der Waals surface area (Å²) >= 11 is 0. The van der Waals surface area contributed by atoms with Crippen molar-refractivity contribution in [2.45, 2.75) is 6.42 Å². The smallest absolute Gasteiger partial charge is 0.252 e. The van der Waals surface area contributed by atoms with Gasteiger partial charge in [0.05, 0.1) is 5.56 Å². The Morgan fingerprint density at radius 2 is 2.04 bits per heavy atom. The minimum atomic E-state index is -0.0413. The first kappa shape index (κ1) is 16.7. The first-order valence-corrected chi connectivity index (χ1v) is 8.52. The SMILES string of the molecule is CN1CCN(CCCNC(=O)c2ccccc2-c2ncc[nH]2)CC1.